The van der Waals surface area contributed by atoms with Gasteiger partial charge in [-0.15, -0.1) is 0 Å². The van der Waals surface area contributed by atoms with Crippen LogP contribution in [0.4, 0.5) is 13.2 Å². The normalized spacial score (nSPS) is 12.9. The number of thioether (sulfide) groups is 1. The molecule has 1 aromatic heterocycles. The number of alkyl halides is 3. The number of aryl methyl sites for hydroxylation is 2. The molecule has 0 aliphatic carbocycles. The maximum Gasteiger partial charge on any atom is 0.441 e. The van der Waals surface area contributed by atoms with Crippen molar-refractivity contribution in [1.82, 2.24) is 4.72 Å². The second-order valence-electron chi connectivity index (χ2n) is 3.92. The van der Waals surface area contributed by atoms with Gasteiger partial charge >= 0.3 is 5.51 Å². The Morgan fingerprint density at radius 3 is 2.40 bits per heavy atom. The molecule has 0 saturated heterocycles. The fourth-order valence-electron chi connectivity index (χ4n) is 1.71. The zero-order chi connectivity index (χ0) is 15.6. The van der Waals surface area contributed by atoms with E-state index in [-0.39, 0.29) is 35.5 Å². The summed E-state index contributed by atoms with van der Waals surface area (Å²) >= 11 is -0.286. The second kappa shape index (κ2) is 6.37. The van der Waals surface area contributed by atoms with Crippen molar-refractivity contribution in [2.24, 2.45) is 5.73 Å². The molecule has 0 aromatic carbocycles. The Morgan fingerprint density at radius 1 is 1.30 bits per heavy atom. The number of rotatable bonds is 6. The molecule has 1 aromatic rings. The molecule has 0 aliphatic rings. The van der Waals surface area contributed by atoms with Crippen molar-refractivity contribution >= 4 is 21.8 Å². The Kier molecular flexibility index (Phi) is 5.53. The third kappa shape index (κ3) is 4.40. The molecule has 0 amide bonds. The van der Waals surface area contributed by atoms with Gasteiger partial charge in [0.25, 0.3) is 0 Å². The standard InChI is InChI=1S/C10H15F3N2O3S2/c1-6-8(5-14)9(7(2)18-6)20(16,17)15-3-4-19-10(11,12)13/h15H,3-5,14H2,1-2H3. The van der Waals surface area contributed by atoms with Crippen LogP contribution in [0.15, 0.2) is 9.31 Å². The summed E-state index contributed by atoms with van der Waals surface area (Å²) in [5.74, 6) is 0.144. The lowest BCUT2D eigenvalue weighted by molar-refractivity contribution is -0.0327. The first-order valence-corrected chi connectivity index (χ1v) is 8.04. The molecule has 10 heteroatoms. The first-order chi connectivity index (χ1) is 9.08. The summed E-state index contributed by atoms with van der Waals surface area (Å²) in [6.45, 7) is 2.68. The van der Waals surface area contributed by atoms with E-state index in [2.05, 4.69) is 4.72 Å². The number of hydrogen-bond acceptors (Lipinski definition) is 5. The predicted molar refractivity (Wildman–Crippen MR) is 69.8 cm³/mol. The molecular formula is C10H15F3N2O3S2. The minimum Gasteiger partial charge on any atom is -0.465 e. The van der Waals surface area contributed by atoms with E-state index in [9.17, 15) is 21.6 Å². The molecular weight excluding hydrogens is 317 g/mol. The Labute approximate surface area is 119 Å². The van der Waals surface area contributed by atoms with Gasteiger partial charge in [0, 0.05) is 24.4 Å². The van der Waals surface area contributed by atoms with Gasteiger partial charge in [-0.05, 0) is 25.6 Å². The summed E-state index contributed by atoms with van der Waals surface area (Å²) in [6, 6.07) is 0. The van der Waals surface area contributed by atoms with E-state index in [4.69, 9.17) is 10.2 Å². The lowest BCUT2D eigenvalue weighted by Gasteiger charge is -2.08. The highest BCUT2D eigenvalue weighted by Gasteiger charge is 2.29. The van der Waals surface area contributed by atoms with Gasteiger partial charge in [0.15, 0.2) is 0 Å². The fraction of sp³-hybridized carbons (Fsp3) is 0.600. The van der Waals surface area contributed by atoms with Crippen LogP contribution >= 0.6 is 11.8 Å². The van der Waals surface area contributed by atoms with E-state index in [0.29, 0.717) is 11.3 Å². The highest BCUT2D eigenvalue weighted by Crippen LogP contribution is 2.30. The minimum atomic E-state index is -4.38. The smallest absolute Gasteiger partial charge is 0.441 e. The van der Waals surface area contributed by atoms with Crippen molar-refractivity contribution < 1.29 is 26.0 Å². The molecule has 0 atom stereocenters. The van der Waals surface area contributed by atoms with E-state index < -0.39 is 21.3 Å². The van der Waals surface area contributed by atoms with Crippen molar-refractivity contribution in [3.05, 3.63) is 17.1 Å². The predicted octanol–water partition coefficient (Wildman–Crippen LogP) is 1.89. The topological polar surface area (TPSA) is 85.3 Å². The van der Waals surface area contributed by atoms with Crippen molar-refractivity contribution in [3.63, 3.8) is 0 Å². The van der Waals surface area contributed by atoms with Gasteiger partial charge in [0.1, 0.15) is 16.4 Å². The molecule has 20 heavy (non-hydrogen) atoms. The number of halogens is 3. The molecule has 0 spiro atoms. The summed E-state index contributed by atoms with van der Waals surface area (Å²) in [4.78, 5) is -0.0884. The Balaban J connectivity index is 2.80. The number of sulfonamides is 1. The zero-order valence-electron chi connectivity index (χ0n) is 10.9. The highest BCUT2D eigenvalue weighted by atomic mass is 32.2. The van der Waals surface area contributed by atoms with Gasteiger partial charge in [0.05, 0.1) is 0 Å². The van der Waals surface area contributed by atoms with Gasteiger partial charge in [-0.25, -0.2) is 13.1 Å². The average molecular weight is 332 g/mol. The van der Waals surface area contributed by atoms with Crippen molar-refractivity contribution in [1.29, 1.82) is 0 Å². The molecule has 0 bridgehead atoms. The van der Waals surface area contributed by atoms with Crippen LogP contribution in [0.5, 0.6) is 0 Å². The highest BCUT2D eigenvalue weighted by molar-refractivity contribution is 8.00. The summed E-state index contributed by atoms with van der Waals surface area (Å²) in [7, 11) is -3.94. The van der Waals surface area contributed by atoms with E-state index in [1.54, 1.807) is 6.92 Å². The number of nitrogens with one attached hydrogen (secondary N) is 1. The molecule has 0 unspecified atom stereocenters. The van der Waals surface area contributed by atoms with E-state index in [1.807, 2.05) is 0 Å². The summed E-state index contributed by atoms with van der Waals surface area (Å²) < 4.78 is 67.2. The number of nitrogens with two attached hydrogens (primary N) is 1. The van der Waals surface area contributed by atoms with E-state index >= 15 is 0 Å². The Bertz CT molecular complexity index is 567. The summed E-state index contributed by atoms with van der Waals surface area (Å²) in [6.07, 6.45) is 0. The van der Waals surface area contributed by atoms with E-state index in [1.165, 1.54) is 6.92 Å². The minimum absolute atomic E-state index is 0.0310. The van der Waals surface area contributed by atoms with Crippen LogP contribution in [0.25, 0.3) is 0 Å². The van der Waals surface area contributed by atoms with Gasteiger partial charge in [0.2, 0.25) is 10.0 Å². The second-order valence-corrected chi connectivity index (χ2v) is 6.78. The number of furan rings is 1. The fourth-order valence-corrected chi connectivity index (χ4v) is 3.76. The molecule has 3 N–H and O–H groups in total. The van der Waals surface area contributed by atoms with Gasteiger partial charge < -0.3 is 10.2 Å². The maximum atomic E-state index is 12.1. The Hall–Kier alpha value is -0.710. The molecule has 0 aliphatic heterocycles. The van der Waals surface area contributed by atoms with Crippen LogP contribution in [-0.2, 0) is 16.6 Å². The first kappa shape index (κ1) is 17.3. The molecule has 116 valence electrons. The van der Waals surface area contributed by atoms with Crippen LogP contribution in [0.3, 0.4) is 0 Å². The molecule has 0 saturated carbocycles. The SMILES string of the molecule is Cc1oc(C)c(S(=O)(=O)NCCSC(F)(F)F)c1CN. The Morgan fingerprint density at radius 2 is 1.90 bits per heavy atom. The average Bonchev–Trinajstić information content (AvgIpc) is 2.58. The van der Waals surface area contributed by atoms with Gasteiger partial charge in [-0.1, -0.05) is 0 Å². The van der Waals surface area contributed by atoms with E-state index in [0.717, 1.165) is 0 Å². The van der Waals surface area contributed by atoms with Crippen LogP contribution in [0.2, 0.25) is 0 Å². The number of hydrogen-bond donors (Lipinski definition) is 2. The van der Waals surface area contributed by atoms with Gasteiger partial charge in [-0.2, -0.15) is 13.2 Å². The third-order valence-corrected chi connectivity index (χ3v) is 4.85. The quantitative estimate of drug-likeness (QED) is 0.777. The zero-order valence-corrected chi connectivity index (χ0v) is 12.5. The molecule has 0 fully saturated rings. The van der Waals surface area contributed by atoms with Crippen LogP contribution < -0.4 is 10.5 Å². The molecule has 1 rings (SSSR count). The van der Waals surface area contributed by atoms with Crippen LogP contribution in [0.1, 0.15) is 17.1 Å². The van der Waals surface area contributed by atoms with Gasteiger partial charge in [-0.3, -0.25) is 0 Å². The molecule has 5 nitrogen and oxygen atoms in total. The molecule has 0 radical (unpaired) electrons. The first-order valence-electron chi connectivity index (χ1n) is 5.57. The largest absolute Gasteiger partial charge is 0.465 e. The van der Waals surface area contributed by atoms with Crippen LogP contribution in [0, 0.1) is 13.8 Å². The lowest BCUT2D eigenvalue weighted by atomic mass is 10.2. The summed E-state index contributed by atoms with van der Waals surface area (Å²) in [5.41, 5.74) is 1.42. The monoisotopic (exact) mass is 332 g/mol. The molecule has 1 heterocycles. The lowest BCUT2D eigenvalue weighted by Crippen LogP contribution is -2.28. The van der Waals surface area contributed by atoms with Crippen molar-refractivity contribution in [3.8, 4) is 0 Å². The third-order valence-electron chi connectivity index (χ3n) is 2.46. The summed E-state index contributed by atoms with van der Waals surface area (Å²) in [5, 5.41) is 0. The van der Waals surface area contributed by atoms with Crippen molar-refractivity contribution in [2.45, 2.75) is 30.8 Å². The van der Waals surface area contributed by atoms with Crippen LogP contribution in [-0.4, -0.2) is 26.2 Å². The maximum absolute atomic E-state index is 12.1. The van der Waals surface area contributed by atoms with Crippen molar-refractivity contribution in [2.75, 3.05) is 12.3 Å².